The Balaban J connectivity index is 1.89. The summed E-state index contributed by atoms with van der Waals surface area (Å²) in [4.78, 5) is 24.3. The van der Waals surface area contributed by atoms with Crippen molar-refractivity contribution >= 4 is 17.4 Å². The van der Waals surface area contributed by atoms with Gasteiger partial charge in [-0.05, 0) is 49.4 Å². The van der Waals surface area contributed by atoms with Crippen LogP contribution in [0.3, 0.4) is 0 Å². The second-order valence-electron chi connectivity index (χ2n) is 5.47. The topological polar surface area (TPSA) is 110 Å². The van der Waals surface area contributed by atoms with E-state index in [-0.39, 0.29) is 11.7 Å². The molecule has 0 aliphatic carbocycles. The van der Waals surface area contributed by atoms with Gasteiger partial charge in [-0.1, -0.05) is 12.1 Å². The summed E-state index contributed by atoms with van der Waals surface area (Å²) in [5.74, 6) is 0.466. The van der Waals surface area contributed by atoms with Crippen LogP contribution in [0.25, 0.3) is 11.4 Å². The van der Waals surface area contributed by atoms with E-state index in [9.17, 15) is 9.59 Å². The summed E-state index contributed by atoms with van der Waals surface area (Å²) in [6, 6.07) is 11.8. The van der Waals surface area contributed by atoms with E-state index < -0.39 is 0 Å². The first-order valence-electron chi connectivity index (χ1n) is 8.01. The number of hydrogen-bond donors (Lipinski definition) is 2. The Bertz CT molecular complexity index is 938. The molecule has 0 fully saturated rings. The highest BCUT2D eigenvalue weighted by atomic mass is 16.5. The minimum Gasteiger partial charge on any atom is -0.492 e. The molecule has 1 heterocycles. The van der Waals surface area contributed by atoms with E-state index in [1.54, 1.807) is 42.5 Å². The predicted octanol–water partition coefficient (Wildman–Crippen LogP) is 2.72. The Morgan fingerprint density at radius 3 is 2.69 bits per heavy atom. The minimum absolute atomic E-state index is 0.0948. The lowest BCUT2D eigenvalue weighted by Crippen LogP contribution is -2.13. The third-order valence-electron chi connectivity index (χ3n) is 3.66. The van der Waals surface area contributed by atoms with Crippen LogP contribution < -0.4 is 10.1 Å². The van der Waals surface area contributed by atoms with E-state index in [1.807, 2.05) is 6.92 Å². The number of aromatic amines is 1. The molecule has 0 aliphatic rings. The molecule has 1 amide bonds. The smallest absolute Gasteiger partial charge is 0.255 e. The van der Waals surface area contributed by atoms with E-state index in [2.05, 4.69) is 25.9 Å². The highest BCUT2D eigenvalue weighted by molar-refractivity contribution is 6.06. The van der Waals surface area contributed by atoms with Gasteiger partial charge in [-0.3, -0.25) is 9.59 Å². The number of nitrogens with zero attached hydrogens (tertiary/aromatic N) is 3. The van der Waals surface area contributed by atoms with Crippen molar-refractivity contribution in [3.63, 3.8) is 0 Å². The number of carbonyl (C=O) groups excluding carboxylic acids is 2. The number of benzene rings is 2. The molecule has 0 aliphatic heterocycles. The fourth-order valence-corrected chi connectivity index (χ4v) is 2.41. The van der Waals surface area contributed by atoms with Gasteiger partial charge >= 0.3 is 0 Å². The molecule has 0 bridgehead atoms. The molecule has 0 saturated heterocycles. The zero-order valence-electron chi connectivity index (χ0n) is 14.3. The molecule has 2 aromatic carbocycles. The van der Waals surface area contributed by atoms with E-state index in [0.29, 0.717) is 40.6 Å². The third kappa shape index (κ3) is 3.75. The van der Waals surface area contributed by atoms with Crippen LogP contribution in [0.15, 0.2) is 42.5 Å². The summed E-state index contributed by atoms with van der Waals surface area (Å²) in [6.45, 7) is 3.75. The summed E-state index contributed by atoms with van der Waals surface area (Å²) >= 11 is 0. The Morgan fingerprint density at radius 2 is 2.00 bits per heavy atom. The third-order valence-corrected chi connectivity index (χ3v) is 3.66. The van der Waals surface area contributed by atoms with Gasteiger partial charge in [0.25, 0.3) is 5.91 Å². The molecule has 0 spiro atoms. The lowest BCUT2D eigenvalue weighted by Gasteiger charge is -2.13. The number of H-pyrrole nitrogens is 1. The van der Waals surface area contributed by atoms with Gasteiger partial charge in [-0.2, -0.15) is 5.21 Å². The fraction of sp³-hybridized carbons (Fsp3) is 0.167. The molecule has 1 aromatic heterocycles. The first kappa shape index (κ1) is 17.3. The van der Waals surface area contributed by atoms with Crippen molar-refractivity contribution in [2.45, 2.75) is 13.8 Å². The number of nitrogens with one attached hydrogen (secondary N) is 2. The lowest BCUT2D eigenvalue weighted by molar-refractivity contribution is 0.101. The van der Waals surface area contributed by atoms with E-state index >= 15 is 0 Å². The van der Waals surface area contributed by atoms with Crippen molar-refractivity contribution < 1.29 is 14.3 Å². The molecule has 0 radical (unpaired) electrons. The molecular formula is C18H17N5O3. The predicted molar refractivity (Wildman–Crippen MR) is 95.2 cm³/mol. The summed E-state index contributed by atoms with van der Waals surface area (Å²) < 4.78 is 5.53. The molecule has 8 heteroatoms. The maximum atomic E-state index is 12.7. The highest BCUT2D eigenvalue weighted by Gasteiger charge is 2.14. The van der Waals surface area contributed by atoms with E-state index in [4.69, 9.17) is 4.74 Å². The number of rotatable bonds is 6. The zero-order chi connectivity index (χ0) is 18.5. The Labute approximate surface area is 149 Å². The number of ketones is 1. The second kappa shape index (κ2) is 7.56. The molecule has 8 nitrogen and oxygen atoms in total. The van der Waals surface area contributed by atoms with Gasteiger partial charge < -0.3 is 10.1 Å². The van der Waals surface area contributed by atoms with Gasteiger partial charge in [0.1, 0.15) is 5.75 Å². The largest absolute Gasteiger partial charge is 0.492 e. The van der Waals surface area contributed by atoms with Crippen LogP contribution in [0, 0.1) is 0 Å². The fourth-order valence-electron chi connectivity index (χ4n) is 2.41. The van der Waals surface area contributed by atoms with Crippen LogP contribution in [0.1, 0.15) is 34.6 Å². The maximum absolute atomic E-state index is 12.7. The average molecular weight is 351 g/mol. The molecule has 3 aromatic rings. The van der Waals surface area contributed by atoms with Crippen molar-refractivity contribution in [1.82, 2.24) is 20.6 Å². The van der Waals surface area contributed by atoms with Crippen LogP contribution in [-0.4, -0.2) is 38.9 Å². The first-order valence-corrected chi connectivity index (χ1v) is 8.01. The average Bonchev–Trinajstić information content (AvgIpc) is 3.18. The molecule has 132 valence electrons. The summed E-state index contributed by atoms with van der Waals surface area (Å²) in [5.41, 5.74) is 2.01. The monoisotopic (exact) mass is 351 g/mol. The van der Waals surface area contributed by atoms with Crippen molar-refractivity contribution in [1.29, 1.82) is 0 Å². The molecule has 2 N–H and O–H groups in total. The Kier molecular flexibility index (Phi) is 5.02. The molecule has 0 saturated carbocycles. The van der Waals surface area contributed by atoms with Crippen LogP contribution in [0.4, 0.5) is 5.69 Å². The van der Waals surface area contributed by atoms with Gasteiger partial charge in [0, 0.05) is 16.7 Å². The van der Waals surface area contributed by atoms with Crippen LogP contribution in [-0.2, 0) is 0 Å². The molecule has 26 heavy (non-hydrogen) atoms. The summed E-state index contributed by atoms with van der Waals surface area (Å²) in [5, 5.41) is 16.5. The number of hydrogen-bond acceptors (Lipinski definition) is 6. The van der Waals surface area contributed by atoms with Gasteiger partial charge in [0.15, 0.2) is 5.78 Å². The zero-order valence-corrected chi connectivity index (χ0v) is 14.3. The molecule has 0 atom stereocenters. The summed E-state index contributed by atoms with van der Waals surface area (Å²) in [7, 11) is 0. The summed E-state index contributed by atoms with van der Waals surface area (Å²) in [6.07, 6.45) is 0. The number of ether oxygens (including phenoxy) is 1. The van der Waals surface area contributed by atoms with Crippen LogP contribution >= 0.6 is 0 Å². The number of tetrazole rings is 1. The standard InChI is InChI=1S/C18H17N5O3/c1-3-26-16-8-7-12(11(2)24)10-15(16)19-18(25)14-6-4-5-13(9-14)17-20-22-23-21-17/h4-10H,3H2,1-2H3,(H,19,25)(H,20,21,22,23). The number of Topliss-reactive ketones (excluding diaryl/α,β-unsaturated/α-hetero) is 1. The van der Waals surface area contributed by atoms with Crippen molar-refractivity contribution in [3.8, 4) is 17.1 Å². The van der Waals surface area contributed by atoms with E-state index in [1.165, 1.54) is 6.92 Å². The van der Waals surface area contributed by atoms with Gasteiger partial charge in [-0.25, -0.2) is 0 Å². The minimum atomic E-state index is -0.336. The SMILES string of the molecule is CCOc1ccc(C(C)=O)cc1NC(=O)c1cccc(-c2nn[nH]n2)c1. The molecule has 0 unspecified atom stereocenters. The number of carbonyl (C=O) groups is 2. The number of anilines is 1. The van der Waals surface area contributed by atoms with Crippen LogP contribution in [0.5, 0.6) is 5.75 Å². The normalized spacial score (nSPS) is 10.4. The second-order valence-corrected chi connectivity index (χ2v) is 5.47. The first-order chi connectivity index (χ1) is 12.6. The lowest BCUT2D eigenvalue weighted by atomic mass is 10.1. The number of aromatic nitrogens is 4. The molecule has 3 rings (SSSR count). The van der Waals surface area contributed by atoms with Crippen molar-refractivity contribution in [2.75, 3.05) is 11.9 Å². The quantitative estimate of drug-likeness (QED) is 0.661. The Hall–Kier alpha value is -3.55. The van der Waals surface area contributed by atoms with E-state index in [0.717, 1.165) is 0 Å². The maximum Gasteiger partial charge on any atom is 0.255 e. The number of amides is 1. The van der Waals surface area contributed by atoms with Crippen molar-refractivity contribution in [2.24, 2.45) is 0 Å². The van der Waals surface area contributed by atoms with Gasteiger partial charge in [-0.15, -0.1) is 10.2 Å². The highest BCUT2D eigenvalue weighted by Crippen LogP contribution is 2.27. The van der Waals surface area contributed by atoms with Gasteiger partial charge in [0.2, 0.25) is 5.82 Å². The van der Waals surface area contributed by atoms with Gasteiger partial charge in [0.05, 0.1) is 12.3 Å². The molecular weight excluding hydrogens is 334 g/mol. The van der Waals surface area contributed by atoms with Crippen LogP contribution in [0.2, 0.25) is 0 Å². The van der Waals surface area contributed by atoms with Crippen molar-refractivity contribution in [3.05, 3.63) is 53.6 Å². The Morgan fingerprint density at radius 1 is 1.15 bits per heavy atom.